The van der Waals surface area contributed by atoms with Crippen LogP contribution >= 0.6 is 0 Å². The average molecular weight is 158 g/mol. The molecule has 0 spiro atoms. The van der Waals surface area contributed by atoms with E-state index in [2.05, 4.69) is 23.8 Å². The summed E-state index contributed by atoms with van der Waals surface area (Å²) in [6, 6.07) is 0. The highest BCUT2D eigenvalue weighted by atomic mass is 16.3. The number of hydrogen-bond donors (Lipinski definition) is 1. The van der Waals surface area contributed by atoms with E-state index < -0.39 is 0 Å². The normalized spacial score (nSPS) is 29.2. The van der Waals surface area contributed by atoms with E-state index in [1.165, 1.54) is 13.0 Å². The fourth-order valence-corrected chi connectivity index (χ4v) is 1.60. The van der Waals surface area contributed by atoms with Gasteiger partial charge in [0.15, 0.2) is 0 Å². The Morgan fingerprint density at radius 3 is 2.82 bits per heavy atom. The summed E-state index contributed by atoms with van der Waals surface area (Å²) in [5.41, 5.74) is 0. The van der Waals surface area contributed by atoms with Gasteiger partial charge in [-0.05, 0) is 20.4 Å². The van der Waals surface area contributed by atoms with Crippen LogP contribution in [0.2, 0.25) is 0 Å². The molecule has 66 valence electrons. The van der Waals surface area contributed by atoms with Gasteiger partial charge in [-0.1, -0.05) is 0 Å². The summed E-state index contributed by atoms with van der Waals surface area (Å²) in [6.45, 7) is 5.59. The molecule has 1 unspecified atom stereocenters. The molecular formula is C8H18N2O. The molecule has 1 rings (SSSR count). The van der Waals surface area contributed by atoms with Crippen molar-refractivity contribution in [2.45, 2.75) is 19.5 Å². The van der Waals surface area contributed by atoms with Gasteiger partial charge in [0.25, 0.3) is 0 Å². The molecule has 0 amide bonds. The standard InChI is InChI=1S/C8H18N2O/c1-8-9(2)4-3-5-10(8)6-7-11/h8,11H,3-7H2,1-2H3. The van der Waals surface area contributed by atoms with Crippen molar-refractivity contribution in [3.05, 3.63) is 0 Å². The second-order valence-corrected chi connectivity index (χ2v) is 3.23. The van der Waals surface area contributed by atoms with Gasteiger partial charge in [0, 0.05) is 19.6 Å². The molecule has 0 aromatic rings. The molecule has 1 atom stereocenters. The molecule has 11 heavy (non-hydrogen) atoms. The number of aliphatic hydroxyl groups excluding tert-OH is 1. The van der Waals surface area contributed by atoms with E-state index in [1.807, 2.05) is 0 Å². The Hall–Kier alpha value is -0.120. The predicted octanol–water partition coefficient (Wildman–Crippen LogP) is -0.0378. The lowest BCUT2D eigenvalue weighted by atomic mass is 10.2. The van der Waals surface area contributed by atoms with Gasteiger partial charge in [-0.3, -0.25) is 9.80 Å². The first-order chi connectivity index (χ1) is 5.25. The average Bonchev–Trinajstić information content (AvgIpc) is 1.99. The molecule has 0 aliphatic carbocycles. The molecule has 0 radical (unpaired) electrons. The quantitative estimate of drug-likeness (QED) is 0.611. The zero-order valence-electron chi connectivity index (χ0n) is 7.45. The van der Waals surface area contributed by atoms with Crippen LogP contribution in [-0.4, -0.2) is 54.4 Å². The van der Waals surface area contributed by atoms with Crippen LogP contribution < -0.4 is 0 Å². The summed E-state index contributed by atoms with van der Waals surface area (Å²) in [4.78, 5) is 4.63. The molecule has 1 heterocycles. The minimum Gasteiger partial charge on any atom is -0.395 e. The van der Waals surface area contributed by atoms with Gasteiger partial charge in [0.1, 0.15) is 0 Å². The maximum absolute atomic E-state index is 8.76. The van der Waals surface area contributed by atoms with Crippen molar-refractivity contribution in [1.29, 1.82) is 0 Å². The Morgan fingerprint density at radius 1 is 1.45 bits per heavy atom. The van der Waals surface area contributed by atoms with Crippen LogP contribution in [0.4, 0.5) is 0 Å². The SMILES string of the molecule is CC1N(C)CCCN1CCO. The molecular weight excluding hydrogens is 140 g/mol. The van der Waals surface area contributed by atoms with Crippen LogP contribution in [0.5, 0.6) is 0 Å². The Labute approximate surface area is 68.6 Å². The Morgan fingerprint density at radius 2 is 2.18 bits per heavy atom. The third-order valence-electron chi connectivity index (χ3n) is 2.51. The monoisotopic (exact) mass is 158 g/mol. The van der Waals surface area contributed by atoms with E-state index in [0.717, 1.165) is 13.1 Å². The van der Waals surface area contributed by atoms with Crippen molar-refractivity contribution in [2.24, 2.45) is 0 Å². The van der Waals surface area contributed by atoms with Crippen LogP contribution in [0.1, 0.15) is 13.3 Å². The molecule has 1 aliphatic heterocycles. The van der Waals surface area contributed by atoms with Crippen molar-refractivity contribution >= 4 is 0 Å². The van der Waals surface area contributed by atoms with Crippen molar-refractivity contribution in [2.75, 3.05) is 33.3 Å². The van der Waals surface area contributed by atoms with Crippen molar-refractivity contribution in [1.82, 2.24) is 9.80 Å². The molecule has 0 saturated carbocycles. The second kappa shape index (κ2) is 4.04. The number of hydrogen-bond acceptors (Lipinski definition) is 3. The second-order valence-electron chi connectivity index (χ2n) is 3.23. The lowest BCUT2D eigenvalue weighted by Gasteiger charge is -2.39. The van der Waals surface area contributed by atoms with Crippen LogP contribution in [0.3, 0.4) is 0 Å². The molecule has 3 heteroatoms. The molecule has 1 fully saturated rings. The fourth-order valence-electron chi connectivity index (χ4n) is 1.60. The zero-order valence-corrected chi connectivity index (χ0v) is 7.45. The van der Waals surface area contributed by atoms with Gasteiger partial charge in [0.05, 0.1) is 12.8 Å². The highest BCUT2D eigenvalue weighted by Crippen LogP contribution is 2.10. The minimum absolute atomic E-state index is 0.276. The van der Waals surface area contributed by atoms with Gasteiger partial charge < -0.3 is 5.11 Å². The van der Waals surface area contributed by atoms with E-state index in [4.69, 9.17) is 5.11 Å². The Bertz CT molecular complexity index is 117. The van der Waals surface area contributed by atoms with Gasteiger partial charge in [-0.2, -0.15) is 0 Å². The maximum atomic E-state index is 8.76. The first-order valence-electron chi connectivity index (χ1n) is 4.31. The lowest BCUT2D eigenvalue weighted by molar-refractivity contribution is 0.0234. The lowest BCUT2D eigenvalue weighted by Crippen LogP contribution is -2.51. The highest BCUT2D eigenvalue weighted by molar-refractivity contribution is 4.72. The molecule has 1 N–H and O–H groups in total. The third-order valence-corrected chi connectivity index (χ3v) is 2.51. The van der Waals surface area contributed by atoms with Gasteiger partial charge in [0.2, 0.25) is 0 Å². The van der Waals surface area contributed by atoms with Crippen LogP contribution in [0.25, 0.3) is 0 Å². The Kier molecular flexibility index (Phi) is 3.30. The topological polar surface area (TPSA) is 26.7 Å². The molecule has 3 nitrogen and oxygen atoms in total. The number of nitrogens with zero attached hydrogens (tertiary/aromatic N) is 2. The van der Waals surface area contributed by atoms with Crippen molar-refractivity contribution in [3.8, 4) is 0 Å². The van der Waals surface area contributed by atoms with Crippen molar-refractivity contribution in [3.63, 3.8) is 0 Å². The third kappa shape index (κ3) is 2.15. The van der Waals surface area contributed by atoms with E-state index in [0.29, 0.717) is 6.17 Å². The summed E-state index contributed by atoms with van der Waals surface area (Å²) in [6.07, 6.45) is 1.72. The molecule has 0 aromatic carbocycles. The summed E-state index contributed by atoms with van der Waals surface area (Å²) in [5, 5.41) is 8.76. The van der Waals surface area contributed by atoms with Gasteiger partial charge in [-0.15, -0.1) is 0 Å². The number of β-amino-alcohol motifs (C(OH)–C–C–N with tert-alkyl or cyclic N) is 1. The minimum atomic E-state index is 0.276. The highest BCUT2D eigenvalue weighted by Gasteiger charge is 2.21. The maximum Gasteiger partial charge on any atom is 0.0591 e. The van der Waals surface area contributed by atoms with Crippen LogP contribution in [0.15, 0.2) is 0 Å². The van der Waals surface area contributed by atoms with Crippen LogP contribution in [0, 0.1) is 0 Å². The molecule has 0 aromatic heterocycles. The molecule has 1 saturated heterocycles. The first kappa shape index (κ1) is 8.97. The number of rotatable bonds is 2. The largest absolute Gasteiger partial charge is 0.395 e. The van der Waals surface area contributed by atoms with Crippen LogP contribution in [-0.2, 0) is 0 Å². The van der Waals surface area contributed by atoms with E-state index in [-0.39, 0.29) is 6.61 Å². The fraction of sp³-hybridized carbons (Fsp3) is 1.00. The summed E-state index contributed by atoms with van der Waals surface area (Å²) in [5.74, 6) is 0. The first-order valence-corrected chi connectivity index (χ1v) is 4.31. The molecule has 1 aliphatic rings. The van der Waals surface area contributed by atoms with E-state index >= 15 is 0 Å². The Balaban J connectivity index is 2.38. The van der Waals surface area contributed by atoms with Gasteiger partial charge >= 0.3 is 0 Å². The molecule has 0 bridgehead atoms. The predicted molar refractivity (Wildman–Crippen MR) is 45.4 cm³/mol. The van der Waals surface area contributed by atoms with E-state index in [9.17, 15) is 0 Å². The summed E-state index contributed by atoms with van der Waals surface area (Å²) >= 11 is 0. The van der Waals surface area contributed by atoms with Gasteiger partial charge in [-0.25, -0.2) is 0 Å². The zero-order chi connectivity index (χ0) is 8.27. The summed E-state index contributed by atoms with van der Waals surface area (Å²) < 4.78 is 0. The van der Waals surface area contributed by atoms with Crippen molar-refractivity contribution < 1.29 is 5.11 Å². The smallest absolute Gasteiger partial charge is 0.0591 e. The number of aliphatic hydroxyl groups is 1. The van der Waals surface area contributed by atoms with E-state index in [1.54, 1.807) is 0 Å². The summed E-state index contributed by atoms with van der Waals surface area (Å²) in [7, 11) is 2.13.